The van der Waals surface area contributed by atoms with E-state index < -0.39 is 0 Å². The normalized spacial score (nSPS) is 13.8. The van der Waals surface area contributed by atoms with E-state index in [4.69, 9.17) is 4.42 Å². The van der Waals surface area contributed by atoms with Crippen molar-refractivity contribution in [2.45, 2.75) is 25.9 Å². The zero-order chi connectivity index (χ0) is 19.9. The molecule has 1 amide bonds. The van der Waals surface area contributed by atoms with E-state index in [0.717, 1.165) is 24.5 Å². The molecule has 1 saturated heterocycles. The van der Waals surface area contributed by atoms with Crippen molar-refractivity contribution in [2.24, 2.45) is 0 Å². The van der Waals surface area contributed by atoms with E-state index >= 15 is 0 Å². The van der Waals surface area contributed by atoms with Crippen LogP contribution in [0.25, 0.3) is 0 Å². The van der Waals surface area contributed by atoms with Gasteiger partial charge < -0.3 is 14.6 Å². The molecule has 3 aromatic rings. The molecule has 2 aromatic carbocycles. The van der Waals surface area contributed by atoms with Crippen LogP contribution in [0.1, 0.15) is 24.2 Å². The van der Waals surface area contributed by atoms with E-state index in [-0.39, 0.29) is 5.91 Å². The second-order valence-electron chi connectivity index (χ2n) is 7.50. The Morgan fingerprint density at radius 1 is 0.931 bits per heavy atom. The predicted molar refractivity (Wildman–Crippen MR) is 116 cm³/mol. The van der Waals surface area contributed by atoms with Gasteiger partial charge in [-0.1, -0.05) is 30.3 Å². The van der Waals surface area contributed by atoms with Gasteiger partial charge >= 0.3 is 0 Å². The molecule has 1 N–H and O–H groups in total. The third kappa shape index (κ3) is 5.48. The van der Waals surface area contributed by atoms with Crippen LogP contribution in [0.3, 0.4) is 0 Å². The van der Waals surface area contributed by atoms with Crippen LogP contribution in [-0.4, -0.2) is 30.4 Å². The Bertz CT molecular complexity index is 886. The Morgan fingerprint density at radius 3 is 2.38 bits per heavy atom. The minimum absolute atomic E-state index is 0.0265. The fourth-order valence-electron chi connectivity index (χ4n) is 3.77. The van der Waals surface area contributed by atoms with Gasteiger partial charge in [-0.25, -0.2) is 0 Å². The first-order valence-electron chi connectivity index (χ1n) is 10.2. The molecule has 29 heavy (non-hydrogen) atoms. The Balaban J connectivity index is 1.37. The van der Waals surface area contributed by atoms with Crippen LogP contribution in [0, 0.1) is 0 Å². The highest BCUT2D eigenvalue weighted by Crippen LogP contribution is 2.22. The van der Waals surface area contributed by atoms with E-state index in [1.165, 1.54) is 24.1 Å². The lowest BCUT2D eigenvalue weighted by Gasteiger charge is -2.21. The fraction of sp³-hybridized carbons (Fsp3) is 0.292. The molecule has 150 valence electrons. The molecule has 2 heterocycles. The molecule has 0 aliphatic carbocycles. The number of rotatable bonds is 8. The SMILES string of the molecule is O=C(CN(Cc1ccccc1)Cc1ccco1)Nc1ccc(N2CCCC2)cc1. The largest absolute Gasteiger partial charge is 0.468 e. The maximum Gasteiger partial charge on any atom is 0.238 e. The second-order valence-corrected chi connectivity index (χ2v) is 7.50. The van der Waals surface area contributed by atoms with E-state index in [0.29, 0.717) is 19.6 Å². The van der Waals surface area contributed by atoms with E-state index in [1.54, 1.807) is 6.26 Å². The van der Waals surface area contributed by atoms with Gasteiger partial charge in [-0.05, 0) is 54.8 Å². The van der Waals surface area contributed by atoms with Crippen molar-refractivity contribution in [1.29, 1.82) is 0 Å². The number of carbonyl (C=O) groups is 1. The fourth-order valence-corrected chi connectivity index (χ4v) is 3.77. The van der Waals surface area contributed by atoms with Gasteiger partial charge in [0.2, 0.25) is 5.91 Å². The maximum atomic E-state index is 12.7. The molecule has 0 spiro atoms. The first-order chi connectivity index (χ1) is 14.3. The Morgan fingerprint density at radius 2 is 1.69 bits per heavy atom. The second kappa shape index (κ2) is 9.43. The summed E-state index contributed by atoms with van der Waals surface area (Å²) in [5.41, 5.74) is 3.22. The quantitative estimate of drug-likeness (QED) is 0.615. The van der Waals surface area contributed by atoms with Crippen molar-refractivity contribution in [3.63, 3.8) is 0 Å². The molecule has 1 aliphatic rings. The first-order valence-corrected chi connectivity index (χ1v) is 10.2. The minimum Gasteiger partial charge on any atom is -0.468 e. The highest BCUT2D eigenvalue weighted by Gasteiger charge is 2.15. The van der Waals surface area contributed by atoms with Crippen LogP contribution in [0.5, 0.6) is 0 Å². The molecule has 4 rings (SSSR count). The summed E-state index contributed by atoms with van der Waals surface area (Å²) < 4.78 is 5.49. The summed E-state index contributed by atoms with van der Waals surface area (Å²) in [6.45, 7) is 3.80. The number of nitrogens with one attached hydrogen (secondary N) is 1. The molecular weight excluding hydrogens is 362 g/mol. The van der Waals surface area contributed by atoms with Crippen molar-refractivity contribution in [1.82, 2.24) is 4.90 Å². The monoisotopic (exact) mass is 389 g/mol. The van der Waals surface area contributed by atoms with Gasteiger partial charge in [-0.15, -0.1) is 0 Å². The highest BCUT2D eigenvalue weighted by atomic mass is 16.3. The summed E-state index contributed by atoms with van der Waals surface area (Å²) in [5.74, 6) is 0.824. The lowest BCUT2D eigenvalue weighted by atomic mass is 10.2. The molecule has 0 unspecified atom stereocenters. The van der Waals surface area contributed by atoms with Gasteiger partial charge in [-0.2, -0.15) is 0 Å². The maximum absolute atomic E-state index is 12.7. The average molecular weight is 389 g/mol. The van der Waals surface area contributed by atoms with Crippen LogP contribution < -0.4 is 10.2 Å². The van der Waals surface area contributed by atoms with Gasteiger partial charge in [0.15, 0.2) is 0 Å². The number of anilines is 2. The first kappa shape index (κ1) is 19.3. The summed E-state index contributed by atoms with van der Waals surface area (Å²) in [5, 5.41) is 3.03. The standard InChI is InChI=1S/C24H27N3O2/c28-24(25-21-10-12-22(13-11-21)27-14-4-5-15-27)19-26(18-23-9-6-16-29-23)17-20-7-2-1-3-8-20/h1-3,6-13,16H,4-5,14-15,17-19H2,(H,25,28). The number of hydrogen-bond donors (Lipinski definition) is 1. The van der Waals surface area contributed by atoms with Gasteiger partial charge in [0.25, 0.3) is 0 Å². The summed E-state index contributed by atoms with van der Waals surface area (Å²) in [7, 11) is 0. The van der Waals surface area contributed by atoms with Crippen LogP contribution in [0.4, 0.5) is 11.4 Å². The third-order valence-corrected chi connectivity index (χ3v) is 5.20. The van der Waals surface area contributed by atoms with Gasteiger partial charge in [0.05, 0.1) is 19.4 Å². The molecule has 0 radical (unpaired) electrons. The van der Waals surface area contributed by atoms with E-state index in [1.807, 2.05) is 42.5 Å². The number of benzene rings is 2. The van der Waals surface area contributed by atoms with Crippen molar-refractivity contribution in [3.05, 3.63) is 84.3 Å². The smallest absolute Gasteiger partial charge is 0.238 e. The summed E-state index contributed by atoms with van der Waals surface area (Å²) in [6, 6.07) is 22.1. The van der Waals surface area contributed by atoms with E-state index in [2.05, 4.69) is 39.4 Å². The third-order valence-electron chi connectivity index (χ3n) is 5.20. The Hall–Kier alpha value is -3.05. The Labute approximate surface area is 171 Å². The van der Waals surface area contributed by atoms with Crippen LogP contribution >= 0.6 is 0 Å². The van der Waals surface area contributed by atoms with Crippen molar-refractivity contribution in [2.75, 3.05) is 29.9 Å². The summed E-state index contributed by atoms with van der Waals surface area (Å²) in [6.07, 6.45) is 4.18. The van der Waals surface area contributed by atoms with Crippen LogP contribution in [0.15, 0.2) is 77.4 Å². The van der Waals surface area contributed by atoms with Gasteiger partial charge in [0, 0.05) is 31.0 Å². The predicted octanol–water partition coefficient (Wildman–Crippen LogP) is 4.52. The highest BCUT2D eigenvalue weighted by molar-refractivity contribution is 5.92. The summed E-state index contributed by atoms with van der Waals surface area (Å²) in [4.78, 5) is 17.2. The molecular formula is C24H27N3O2. The van der Waals surface area contributed by atoms with Crippen molar-refractivity contribution < 1.29 is 9.21 Å². The van der Waals surface area contributed by atoms with Gasteiger partial charge in [-0.3, -0.25) is 9.69 Å². The molecule has 0 bridgehead atoms. The van der Waals surface area contributed by atoms with E-state index in [9.17, 15) is 4.79 Å². The van der Waals surface area contributed by atoms with Crippen LogP contribution in [-0.2, 0) is 17.9 Å². The molecule has 1 aliphatic heterocycles. The Kier molecular flexibility index (Phi) is 6.27. The molecule has 0 atom stereocenters. The molecule has 0 saturated carbocycles. The summed E-state index contributed by atoms with van der Waals surface area (Å²) >= 11 is 0. The van der Waals surface area contributed by atoms with Crippen molar-refractivity contribution >= 4 is 17.3 Å². The minimum atomic E-state index is -0.0265. The van der Waals surface area contributed by atoms with Gasteiger partial charge in [0.1, 0.15) is 5.76 Å². The number of hydrogen-bond acceptors (Lipinski definition) is 4. The molecule has 5 nitrogen and oxygen atoms in total. The van der Waals surface area contributed by atoms with Crippen LogP contribution in [0.2, 0.25) is 0 Å². The number of furan rings is 1. The zero-order valence-electron chi connectivity index (χ0n) is 16.6. The lowest BCUT2D eigenvalue weighted by Crippen LogP contribution is -2.32. The molecule has 1 fully saturated rings. The average Bonchev–Trinajstić information content (AvgIpc) is 3.43. The zero-order valence-corrected chi connectivity index (χ0v) is 16.6. The lowest BCUT2D eigenvalue weighted by molar-refractivity contribution is -0.117. The molecule has 1 aromatic heterocycles. The number of carbonyl (C=O) groups excluding carboxylic acids is 1. The molecule has 5 heteroatoms. The topological polar surface area (TPSA) is 48.7 Å². The van der Waals surface area contributed by atoms with Crippen molar-refractivity contribution in [3.8, 4) is 0 Å². The number of nitrogens with zero attached hydrogens (tertiary/aromatic N) is 2. The number of amides is 1.